The maximum atomic E-state index is 12.4. The second-order valence-corrected chi connectivity index (χ2v) is 8.29. The first-order chi connectivity index (χ1) is 10.8. The maximum Gasteiger partial charge on any atom is 0.239 e. The minimum absolute atomic E-state index is 0.00561. The van der Waals surface area contributed by atoms with Crippen LogP contribution in [0.15, 0.2) is 0 Å². The van der Waals surface area contributed by atoms with Gasteiger partial charge in [0, 0.05) is 18.0 Å². The van der Waals surface area contributed by atoms with E-state index in [9.17, 15) is 9.59 Å². The van der Waals surface area contributed by atoms with Crippen LogP contribution in [0.4, 0.5) is 5.00 Å². The van der Waals surface area contributed by atoms with Gasteiger partial charge in [-0.2, -0.15) is 0 Å². The maximum absolute atomic E-state index is 12.4. The molecule has 3 rings (SSSR count). The van der Waals surface area contributed by atoms with Crippen molar-refractivity contribution in [1.82, 2.24) is 4.90 Å². The van der Waals surface area contributed by atoms with Gasteiger partial charge in [0.25, 0.3) is 0 Å². The molecule has 0 unspecified atom stereocenters. The van der Waals surface area contributed by atoms with Gasteiger partial charge < -0.3 is 11.1 Å². The van der Waals surface area contributed by atoms with Crippen molar-refractivity contribution in [1.29, 1.82) is 0 Å². The number of carbonyl (C=O) groups excluding carboxylic acids is 2. The monoisotopic (exact) mass is 335 g/mol. The highest BCUT2D eigenvalue weighted by molar-refractivity contribution is 7.16. The lowest BCUT2D eigenvalue weighted by Gasteiger charge is -2.24. The number of thiophene rings is 1. The molecule has 2 amide bonds. The summed E-state index contributed by atoms with van der Waals surface area (Å²) < 4.78 is 0. The molecule has 0 aromatic carbocycles. The minimum atomic E-state index is -0.397. The van der Waals surface area contributed by atoms with E-state index >= 15 is 0 Å². The van der Waals surface area contributed by atoms with E-state index in [0.717, 1.165) is 36.4 Å². The van der Waals surface area contributed by atoms with Gasteiger partial charge >= 0.3 is 0 Å². The van der Waals surface area contributed by atoms with Crippen LogP contribution in [0.3, 0.4) is 0 Å². The molecule has 6 heteroatoms. The number of amides is 2. The van der Waals surface area contributed by atoms with Crippen LogP contribution in [0, 0.1) is 32.1 Å². The number of likely N-dealkylation sites (tertiary alicyclic amines) is 1. The van der Waals surface area contributed by atoms with Gasteiger partial charge in [-0.25, -0.2) is 0 Å². The number of carbonyl (C=O) groups is 2. The van der Waals surface area contributed by atoms with Crippen molar-refractivity contribution in [2.24, 2.45) is 17.1 Å². The zero-order valence-electron chi connectivity index (χ0n) is 14.1. The standard InChI is InChI=1S/C17H25N3O2S/c1-10-11(2)15(23-12(10)3)19-14(21)8-20-7-13-5-4-6-17(13,9-20)16(18)22/h13H,4-9H2,1-3H3,(H2,18,22)(H,19,21)/t13-,17-/m0/s1. The summed E-state index contributed by atoms with van der Waals surface area (Å²) in [5.41, 5.74) is 7.66. The third-order valence-electron chi connectivity index (χ3n) is 5.74. The molecule has 126 valence electrons. The van der Waals surface area contributed by atoms with Crippen LogP contribution >= 0.6 is 11.3 Å². The summed E-state index contributed by atoms with van der Waals surface area (Å²) in [5, 5.41) is 3.97. The first-order valence-corrected chi connectivity index (χ1v) is 9.04. The third-order valence-corrected chi connectivity index (χ3v) is 6.96. The van der Waals surface area contributed by atoms with Gasteiger partial charge in [0.1, 0.15) is 0 Å². The molecule has 0 bridgehead atoms. The molecule has 1 aliphatic carbocycles. The van der Waals surface area contributed by atoms with Gasteiger partial charge in [0.15, 0.2) is 0 Å². The van der Waals surface area contributed by atoms with E-state index in [1.807, 2.05) is 6.92 Å². The topological polar surface area (TPSA) is 75.4 Å². The first kappa shape index (κ1) is 16.5. The van der Waals surface area contributed by atoms with Gasteiger partial charge in [-0.05, 0) is 50.7 Å². The second kappa shape index (κ2) is 5.91. The Labute approximate surface area is 141 Å². The fourth-order valence-corrected chi connectivity index (χ4v) is 5.23. The van der Waals surface area contributed by atoms with Crippen molar-refractivity contribution in [3.05, 3.63) is 16.0 Å². The molecule has 1 aromatic heterocycles. The van der Waals surface area contributed by atoms with Crippen molar-refractivity contribution in [2.75, 3.05) is 25.0 Å². The normalized spacial score (nSPS) is 27.2. The van der Waals surface area contributed by atoms with Crippen LogP contribution in [0.25, 0.3) is 0 Å². The molecule has 5 nitrogen and oxygen atoms in total. The molecule has 1 saturated heterocycles. The second-order valence-electron chi connectivity index (χ2n) is 7.06. The Kier molecular flexibility index (Phi) is 4.23. The lowest BCUT2D eigenvalue weighted by molar-refractivity contribution is -0.128. The minimum Gasteiger partial charge on any atom is -0.369 e. The lowest BCUT2D eigenvalue weighted by Crippen LogP contribution is -2.41. The predicted octanol–water partition coefficient (Wildman–Crippen LogP) is 2.20. The summed E-state index contributed by atoms with van der Waals surface area (Å²) in [5.74, 6) is 0.123. The van der Waals surface area contributed by atoms with Crippen LogP contribution in [-0.2, 0) is 9.59 Å². The van der Waals surface area contributed by atoms with Gasteiger partial charge in [0.2, 0.25) is 11.8 Å². The summed E-state index contributed by atoms with van der Waals surface area (Å²) in [6.45, 7) is 7.95. The van der Waals surface area contributed by atoms with Crippen molar-refractivity contribution < 1.29 is 9.59 Å². The van der Waals surface area contributed by atoms with E-state index in [1.54, 1.807) is 11.3 Å². The zero-order valence-corrected chi connectivity index (χ0v) is 14.9. The summed E-state index contributed by atoms with van der Waals surface area (Å²) in [6.07, 6.45) is 2.98. The largest absolute Gasteiger partial charge is 0.369 e. The highest BCUT2D eigenvalue weighted by atomic mass is 32.1. The average Bonchev–Trinajstić information content (AvgIpc) is 3.08. The highest BCUT2D eigenvalue weighted by Crippen LogP contribution is 2.48. The van der Waals surface area contributed by atoms with E-state index in [0.29, 0.717) is 19.0 Å². The van der Waals surface area contributed by atoms with Gasteiger partial charge in [-0.15, -0.1) is 11.3 Å². The molecule has 2 fully saturated rings. The number of anilines is 1. The van der Waals surface area contributed by atoms with Crippen LogP contribution in [0.2, 0.25) is 0 Å². The van der Waals surface area contributed by atoms with Gasteiger partial charge in [-0.3, -0.25) is 14.5 Å². The Bertz CT molecular complexity index is 655. The Morgan fingerprint density at radius 3 is 2.65 bits per heavy atom. The summed E-state index contributed by atoms with van der Waals surface area (Å²) in [6, 6.07) is 0. The van der Waals surface area contributed by atoms with Crippen molar-refractivity contribution >= 4 is 28.2 Å². The first-order valence-electron chi connectivity index (χ1n) is 8.22. The Hall–Kier alpha value is -1.40. The van der Waals surface area contributed by atoms with Crippen molar-refractivity contribution in [3.8, 4) is 0 Å². The van der Waals surface area contributed by atoms with E-state index in [-0.39, 0.29) is 11.8 Å². The molecule has 0 spiro atoms. The number of nitrogens with zero attached hydrogens (tertiary/aromatic N) is 1. The SMILES string of the molecule is Cc1sc(NC(=O)CN2C[C@@H]3CCC[C@]3(C(N)=O)C2)c(C)c1C. The van der Waals surface area contributed by atoms with Gasteiger partial charge in [0.05, 0.1) is 17.0 Å². The quantitative estimate of drug-likeness (QED) is 0.886. The smallest absolute Gasteiger partial charge is 0.239 e. The van der Waals surface area contributed by atoms with E-state index in [2.05, 4.69) is 24.1 Å². The summed E-state index contributed by atoms with van der Waals surface area (Å²) >= 11 is 1.62. The van der Waals surface area contributed by atoms with E-state index in [1.165, 1.54) is 10.4 Å². The molecule has 2 heterocycles. The molecule has 1 aromatic rings. The molecular weight excluding hydrogens is 310 g/mol. The molecular formula is C17H25N3O2S. The van der Waals surface area contributed by atoms with Crippen LogP contribution in [-0.4, -0.2) is 36.3 Å². The molecule has 1 saturated carbocycles. The molecule has 1 aliphatic heterocycles. The van der Waals surface area contributed by atoms with Crippen LogP contribution in [0.5, 0.6) is 0 Å². The number of hydrogen-bond donors (Lipinski definition) is 2. The number of nitrogens with one attached hydrogen (secondary N) is 1. The van der Waals surface area contributed by atoms with Gasteiger partial charge in [-0.1, -0.05) is 6.42 Å². The van der Waals surface area contributed by atoms with Crippen molar-refractivity contribution in [2.45, 2.75) is 40.0 Å². The van der Waals surface area contributed by atoms with Crippen LogP contribution in [0.1, 0.15) is 35.3 Å². The number of aryl methyl sites for hydroxylation is 1. The molecule has 2 atom stereocenters. The average molecular weight is 335 g/mol. The summed E-state index contributed by atoms with van der Waals surface area (Å²) in [4.78, 5) is 27.6. The number of rotatable bonds is 4. The molecule has 23 heavy (non-hydrogen) atoms. The molecule has 2 aliphatic rings. The number of nitrogens with two attached hydrogens (primary N) is 1. The fraction of sp³-hybridized carbons (Fsp3) is 0.647. The zero-order chi connectivity index (χ0) is 16.8. The number of fused-ring (bicyclic) bond motifs is 1. The van der Waals surface area contributed by atoms with Crippen molar-refractivity contribution in [3.63, 3.8) is 0 Å². The highest BCUT2D eigenvalue weighted by Gasteiger charge is 2.53. The number of primary amides is 1. The lowest BCUT2D eigenvalue weighted by atomic mass is 9.80. The predicted molar refractivity (Wildman–Crippen MR) is 92.6 cm³/mol. The summed E-state index contributed by atoms with van der Waals surface area (Å²) in [7, 11) is 0. The molecule has 3 N–H and O–H groups in total. The van der Waals surface area contributed by atoms with E-state index < -0.39 is 5.41 Å². The Balaban J connectivity index is 1.63. The third kappa shape index (κ3) is 2.78. The molecule has 0 radical (unpaired) electrons. The Morgan fingerprint density at radius 2 is 2.09 bits per heavy atom. The Morgan fingerprint density at radius 1 is 1.35 bits per heavy atom. The van der Waals surface area contributed by atoms with Crippen LogP contribution < -0.4 is 11.1 Å². The fourth-order valence-electron chi connectivity index (χ4n) is 4.15. The van der Waals surface area contributed by atoms with E-state index in [4.69, 9.17) is 5.73 Å². The number of hydrogen-bond acceptors (Lipinski definition) is 4.